The lowest BCUT2D eigenvalue weighted by Crippen LogP contribution is -2.27. The standard InChI is InChI=1S/C21H39NO/c1-3-4-5-7-10-15-20(2)16-11-8-6-9-12-17-21(23)22-18-13-14-19-22/h7,10,20H,3-6,8-9,11-19H2,1-2H3. The first kappa shape index (κ1) is 20.3. The van der Waals surface area contributed by atoms with Crippen LogP contribution in [-0.4, -0.2) is 23.9 Å². The van der Waals surface area contributed by atoms with Crippen LogP contribution in [0.15, 0.2) is 12.2 Å². The van der Waals surface area contributed by atoms with Gasteiger partial charge in [-0.25, -0.2) is 0 Å². The van der Waals surface area contributed by atoms with Crippen molar-refractivity contribution >= 4 is 5.91 Å². The highest BCUT2D eigenvalue weighted by Crippen LogP contribution is 2.16. The molecule has 2 nitrogen and oxygen atoms in total. The largest absolute Gasteiger partial charge is 0.343 e. The van der Waals surface area contributed by atoms with Crippen LogP contribution in [0.1, 0.15) is 97.3 Å². The third-order valence-electron chi connectivity index (χ3n) is 4.98. The van der Waals surface area contributed by atoms with E-state index in [1.807, 2.05) is 0 Å². The van der Waals surface area contributed by atoms with E-state index in [-0.39, 0.29) is 0 Å². The van der Waals surface area contributed by atoms with E-state index in [4.69, 9.17) is 0 Å². The minimum Gasteiger partial charge on any atom is -0.343 e. The molecule has 0 N–H and O–H groups in total. The van der Waals surface area contributed by atoms with E-state index in [1.54, 1.807) is 0 Å². The molecule has 1 unspecified atom stereocenters. The summed E-state index contributed by atoms with van der Waals surface area (Å²) in [4.78, 5) is 14.0. The quantitative estimate of drug-likeness (QED) is 0.296. The summed E-state index contributed by atoms with van der Waals surface area (Å²) in [5.74, 6) is 1.22. The fourth-order valence-electron chi connectivity index (χ4n) is 3.31. The Morgan fingerprint density at radius 1 is 1.00 bits per heavy atom. The first-order chi connectivity index (χ1) is 11.2. The number of hydrogen-bond acceptors (Lipinski definition) is 1. The second-order valence-corrected chi connectivity index (χ2v) is 7.35. The van der Waals surface area contributed by atoms with Crippen molar-refractivity contribution in [2.75, 3.05) is 13.1 Å². The molecule has 1 rings (SSSR count). The number of carbonyl (C=O) groups excluding carboxylic acids is 1. The third-order valence-corrected chi connectivity index (χ3v) is 4.98. The van der Waals surface area contributed by atoms with Gasteiger partial charge in [0.2, 0.25) is 5.91 Å². The number of rotatable bonds is 13. The lowest BCUT2D eigenvalue weighted by molar-refractivity contribution is -0.130. The molecule has 2 heteroatoms. The third kappa shape index (κ3) is 10.6. The van der Waals surface area contributed by atoms with E-state index < -0.39 is 0 Å². The Kier molecular flexibility index (Phi) is 12.0. The number of carbonyl (C=O) groups is 1. The van der Waals surface area contributed by atoms with Crippen LogP contribution in [0, 0.1) is 5.92 Å². The SMILES string of the molecule is CCCCC=CCC(C)CCCCCCCC(=O)N1CCCC1. The van der Waals surface area contributed by atoms with E-state index in [0.717, 1.165) is 31.8 Å². The summed E-state index contributed by atoms with van der Waals surface area (Å²) in [6.07, 6.45) is 20.7. The molecule has 1 heterocycles. The lowest BCUT2D eigenvalue weighted by atomic mass is 9.98. The summed E-state index contributed by atoms with van der Waals surface area (Å²) in [6.45, 7) is 6.63. The van der Waals surface area contributed by atoms with Crippen molar-refractivity contribution in [1.29, 1.82) is 0 Å². The first-order valence-electron chi connectivity index (χ1n) is 10.2. The van der Waals surface area contributed by atoms with Crippen molar-refractivity contribution in [2.45, 2.75) is 97.3 Å². The Balaban J connectivity index is 1.86. The average Bonchev–Trinajstić information content (AvgIpc) is 3.08. The van der Waals surface area contributed by atoms with Gasteiger partial charge in [-0.1, -0.05) is 70.9 Å². The minimum absolute atomic E-state index is 0.394. The molecule has 0 radical (unpaired) electrons. The minimum atomic E-state index is 0.394. The zero-order valence-electron chi connectivity index (χ0n) is 15.7. The van der Waals surface area contributed by atoms with Gasteiger partial charge in [-0.2, -0.15) is 0 Å². The Morgan fingerprint density at radius 2 is 1.70 bits per heavy atom. The number of amides is 1. The molecular formula is C21H39NO. The molecule has 0 aromatic rings. The van der Waals surface area contributed by atoms with Crippen molar-refractivity contribution < 1.29 is 4.79 Å². The predicted octanol–water partition coefficient (Wildman–Crippen LogP) is 6.11. The summed E-state index contributed by atoms with van der Waals surface area (Å²) in [6, 6.07) is 0. The highest BCUT2D eigenvalue weighted by molar-refractivity contribution is 5.76. The monoisotopic (exact) mass is 321 g/mol. The highest BCUT2D eigenvalue weighted by atomic mass is 16.2. The van der Waals surface area contributed by atoms with Gasteiger partial charge in [-0.15, -0.1) is 0 Å². The van der Waals surface area contributed by atoms with Gasteiger partial charge in [0.25, 0.3) is 0 Å². The zero-order valence-corrected chi connectivity index (χ0v) is 15.7. The molecule has 1 aliphatic heterocycles. The smallest absolute Gasteiger partial charge is 0.222 e. The van der Waals surface area contributed by atoms with Gasteiger partial charge in [0.15, 0.2) is 0 Å². The molecule has 134 valence electrons. The van der Waals surface area contributed by atoms with Crippen molar-refractivity contribution in [2.24, 2.45) is 5.92 Å². The fraction of sp³-hybridized carbons (Fsp3) is 0.857. The van der Waals surface area contributed by atoms with Gasteiger partial charge in [-0.3, -0.25) is 4.79 Å². The summed E-state index contributed by atoms with van der Waals surface area (Å²) >= 11 is 0. The summed E-state index contributed by atoms with van der Waals surface area (Å²) < 4.78 is 0. The summed E-state index contributed by atoms with van der Waals surface area (Å²) in [5, 5.41) is 0. The van der Waals surface area contributed by atoms with Gasteiger partial charge < -0.3 is 4.90 Å². The van der Waals surface area contributed by atoms with Crippen molar-refractivity contribution in [3.63, 3.8) is 0 Å². The number of nitrogens with zero attached hydrogens (tertiary/aromatic N) is 1. The number of hydrogen-bond donors (Lipinski definition) is 0. The molecule has 1 fully saturated rings. The van der Waals surface area contributed by atoms with Crippen LogP contribution in [0.3, 0.4) is 0 Å². The molecule has 1 aliphatic rings. The average molecular weight is 322 g/mol. The van der Waals surface area contributed by atoms with Crippen molar-refractivity contribution in [3.05, 3.63) is 12.2 Å². The molecule has 0 aromatic heterocycles. The van der Waals surface area contributed by atoms with Gasteiger partial charge in [0, 0.05) is 19.5 Å². The number of unbranched alkanes of at least 4 members (excludes halogenated alkanes) is 6. The molecule has 0 spiro atoms. The Hall–Kier alpha value is -0.790. The molecular weight excluding hydrogens is 282 g/mol. The van der Waals surface area contributed by atoms with E-state index in [9.17, 15) is 4.79 Å². The van der Waals surface area contributed by atoms with Crippen molar-refractivity contribution in [1.82, 2.24) is 4.90 Å². The Bertz CT molecular complexity index is 318. The van der Waals surface area contributed by atoms with Gasteiger partial charge in [-0.05, 0) is 38.0 Å². The maximum atomic E-state index is 11.9. The maximum absolute atomic E-state index is 11.9. The molecule has 1 saturated heterocycles. The molecule has 1 amide bonds. The van der Waals surface area contributed by atoms with Crippen molar-refractivity contribution in [3.8, 4) is 0 Å². The molecule has 23 heavy (non-hydrogen) atoms. The van der Waals surface area contributed by atoms with E-state index in [1.165, 1.54) is 70.6 Å². The first-order valence-corrected chi connectivity index (χ1v) is 10.2. The van der Waals surface area contributed by atoms with E-state index in [2.05, 4.69) is 30.9 Å². The summed E-state index contributed by atoms with van der Waals surface area (Å²) in [5.41, 5.74) is 0. The zero-order chi connectivity index (χ0) is 16.8. The summed E-state index contributed by atoms with van der Waals surface area (Å²) in [7, 11) is 0. The Labute approximate surface area is 144 Å². The highest BCUT2D eigenvalue weighted by Gasteiger charge is 2.16. The maximum Gasteiger partial charge on any atom is 0.222 e. The Morgan fingerprint density at radius 3 is 2.43 bits per heavy atom. The van der Waals surface area contributed by atoms with Gasteiger partial charge >= 0.3 is 0 Å². The molecule has 1 atom stereocenters. The van der Waals surface area contributed by atoms with Crippen LogP contribution >= 0.6 is 0 Å². The normalized spacial score (nSPS) is 16.3. The second-order valence-electron chi connectivity index (χ2n) is 7.35. The predicted molar refractivity (Wildman–Crippen MR) is 101 cm³/mol. The van der Waals surface area contributed by atoms with Crippen LogP contribution in [0.4, 0.5) is 0 Å². The van der Waals surface area contributed by atoms with Crippen LogP contribution in [-0.2, 0) is 4.79 Å². The van der Waals surface area contributed by atoms with Crippen LogP contribution < -0.4 is 0 Å². The molecule has 0 bridgehead atoms. The van der Waals surface area contributed by atoms with Crippen LogP contribution in [0.2, 0.25) is 0 Å². The number of allylic oxidation sites excluding steroid dienone is 2. The van der Waals surface area contributed by atoms with Gasteiger partial charge in [0.05, 0.1) is 0 Å². The molecule has 0 aliphatic carbocycles. The van der Waals surface area contributed by atoms with Crippen LogP contribution in [0.5, 0.6) is 0 Å². The van der Waals surface area contributed by atoms with E-state index >= 15 is 0 Å². The van der Waals surface area contributed by atoms with Crippen LogP contribution in [0.25, 0.3) is 0 Å². The lowest BCUT2D eigenvalue weighted by Gasteiger charge is -2.14. The van der Waals surface area contributed by atoms with E-state index in [0.29, 0.717) is 5.91 Å². The van der Waals surface area contributed by atoms with Gasteiger partial charge in [0.1, 0.15) is 0 Å². The fourth-order valence-corrected chi connectivity index (χ4v) is 3.31. The second kappa shape index (κ2) is 13.6. The molecule has 0 saturated carbocycles. The topological polar surface area (TPSA) is 20.3 Å². The number of likely N-dealkylation sites (tertiary alicyclic amines) is 1. The molecule has 0 aromatic carbocycles.